The molecule has 0 spiro atoms. The number of rotatable bonds is 9. The number of unbranched alkanes of at least 4 members (excludes halogenated alkanes) is 3. The Morgan fingerprint density at radius 1 is 1.47 bits per heavy atom. The van der Waals surface area contributed by atoms with E-state index in [1.54, 1.807) is 0 Å². The fourth-order valence-corrected chi connectivity index (χ4v) is 2.13. The molecule has 0 atom stereocenters. The first-order chi connectivity index (χ1) is 8.24. The van der Waals surface area contributed by atoms with Crippen molar-refractivity contribution in [1.29, 1.82) is 0 Å². The third kappa shape index (κ3) is 5.48. The average molecular weight is 256 g/mol. The smallest absolute Gasteiger partial charge is 0.325 e. The lowest BCUT2D eigenvalue weighted by Crippen LogP contribution is -2.11. The minimum Gasteiger partial charge on any atom is -0.480 e. The molecule has 1 N–H and O–H groups in total. The molecule has 17 heavy (non-hydrogen) atoms. The van der Waals surface area contributed by atoms with Crippen LogP contribution in [0.15, 0.2) is 17.8 Å². The van der Waals surface area contributed by atoms with Gasteiger partial charge in [0, 0.05) is 5.75 Å². The van der Waals surface area contributed by atoms with Crippen molar-refractivity contribution in [3.8, 4) is 0 Å². The number of carboxylic acids is 1. The summed E-state index contributed by atoms with van der Waals surface area (Å²) in [5.41, 5.74) is 0. The second-order valence-corrected chi connectivity index (χ2v) is 4.56. The van der Waals surface area contributed by atoms with Gasteiger partial charge in [-0.1, -0.05) is 24.3 Å². The van der Waals surface area contributed by atoms with Crippen LogP contribution in [0.3, 0.4) is 0 Å². The maximum Gasteiger partial charge on any atom is 0.325 e. The van der Waals surface area contributed by atoms with Gasteiger partial charge in [-0.15, -0.1) is 11.7 Å². The van der Waals surface area contributed by atoms with Crippen LogP contribution in [0.1, 0.15) is 25.7 Å². The summed E-state index contributed by atoms with van der Waals surface area (Å²) in [4.78, 5) is 10.5. The summed E-state index contributed by atoms with van der Waals surface area (Å²) in [6, 6.07) is 0. The highest BCUT2D eigenvalue weighted by Gasteiger charge is 2.09. The Morgan fingerprint density at radius 3 is 3.00 bits per heavy atom. The molecule has 0 aromatic carbocycles. The van der Waals surface area contributed by atoms with Crippen LogP contribution >= 0.6 is 11.8 Å². The molecule has 1 heterocycles. The zero-order valence-corrected chi connectivity index (χ0v) is 10.4. The van der Waals surface area contributed by atoms with E-state index in [9.17, 15) is 4.79 Å². The van der Waals surface area contributed by atoms with Gasteiger partial charge in [-0.3, -0.25) is 4.79 Å². The predicted octanol–water partition coefficient (Wildman–Crippen LogP) is 1.60. The molecule has 1 rings (SSSR count). The predicted molar refractivity (Wildman–Crippen MR) is 64.8 cm³/mol. The normalized spacial score (nSPS) is 10.4. The molecule has 0 aliphatic heterocycles. The summed E-state index contributed by atoms with van der Waals surface area (Å²) in [7, 11) is 0. The van der Waals surface area contributed by atoms with Gasteiger partial charge < -0.3 is 5.11 Å². The maximum absolute atomic E-state index is 10.5. The summed E-state index contributed by atoms with van der Waals surface area (Å²) >= 11 is 1.49. The number of aromatic nitrogens is 4. The first-order valence-corrected chi connectivity index (χ1v) is 6.44. The van der Waals surface area contributed by atoms with Crippen molar-refractivity contribution < 1.29 is 9.90 Å². The molecule has 0 aliphatic carbocycles. The second kappa shape index (κ2) is 7.83. The Morgan fingerprint density at radius 2 is 2.29 bits per heavy atom. The third-order valence-electron chi connectivity index (χ3n) is 2.07. The fourth-order valence-electron chi connectivity index (χ4n) is 1.26. The molecule has 94 valence electrons. The molecule has 0 saturated heterocycles. The summed E-state index contributed by atoms with van der Waals surface area (Å²) in [5, 5.41) is 20.1. The Kier molecular flexibility index (Phi) is 6.31. The van der Waals surface area contributed by atoms with Gasteiger partial charge in [-0.25, -0.2) is 4.68 Å². The monoisotopic (exact) mass is 256 g/mol. The Hall–Kier alpha value is -1.37. The zero-order chi connectivity index (χ0) is 12.5. The van der Waals surface area contributed by atoms with Gasteiger partial charge in [0.25, 0.3) is 0 Å². The molecule has 0 bridgehead atoms. The highest BCUT2D eigenvalue weighted by molar-refractivity contribution is 7.99. The first-order valence-electron chi connectivity index (χ1n) is 5.45. The van der Waals surface area contributed by atoms with Crippen LogP contribution < -0.4 is 0 Å². The topological polar surface area (TPSA) is 80.9 Å². The molecule has 6 nitrogen and oxygen atoms in total. The number of aliphatic carboxylic acids is 1. The van der Waals surface area contributed by atoms with Crippen molar-refractivity contribution in [2.24, 2.45) is 0 Å². The summed E-state index contributed by atoms with van der Waals surface area (Å²) in [6.45, 7) is 3.48. The molecule has 7 heteroatoms. The summed E-state index contributed by atoms with van der Waals surface area (Å²) in [6.07, 6.45) is 6.31. The van der Waals surface area contributed by atoms with Gasteiger partial charge in [0.15, 0.2) is 0 Å². The number of carboxylic acid groups (broad SMARTS) is 1. The highest BCUT2D eigenvalue weighted by Crippen LogP contribution is 2.16. The van der Waals surface area contributed by atoms with Crippen LogP contribution in [0.2, 0.25) is 0 Å². The molecule has 0 saturated carbocycles. The molecular weight excluding hydrogens is 240 g/mol. The Bertz CT molecular complexity index is 367. The summed E-state index contributed by atoms with van der Waals surface area (Å²) < 4.78 is 1.30. The van der Waals surface area contributed by atoms with Crippen LogP contribution in [0, 0.1) is 0 Å². The molecular formula is C10H16N4O2S. The lowest BCUT2D eigenvalue weighted by molar-refractivity contribution is -0.138. The van der Waals surface area contributed by atoms with Crippen LogP contribution in [0.5, 0.6) is 0 Å². The molecule has 0 amide bonds. The third-order valence-corrected chi connectivity index (χ3v) is 3.11. The van der Waals surface area contributed by atoms with Crippen molar-refractivity contribution in [3.63, 3.8) is 0 Å². The minimum absolute atomic E-state index is 0.189. The van der Waals surface area contributed by atoms with Crippen molar-refractivity contribution in [3.05, 3.63) is 12.7 Å². The van der Waals surface area contributed by atoms with E-state index in [1.165, 1.54) is 16.4 Å². The second-order valence-electron chi connectivity index (χ2n) is 3.50. The average Bonchev–Trinajstić information content (AvgIpc) is 2.70. The number of hydrogen-bond acceptors (Lipinski definition) is 5. The molecule has 1 aromatic rings. The Balaban J connectivity index is 2.24. The number of allylic oxidation sites excluding steroid dienone is 1. The van der Waals surface area contributed by atoms with Crippen molar-refractivity contribution in [1.82, 2.24) is 20.2 Å². The highest BCUT2D eigenvalue weighted by atomic mass is 32.2. The van der Waals surface area contributed by atoms with Crippen molar-refractivity contribution in [2.75, 3.05) is 5.75 Å². The van der Waals surface area contributed by atoms with Crippen molar-refractivity contribution >= 4 is 17.7 Å². The van der Waals surface area contributed by atoms with E-state index < -0.39 is 5.97 Å². The van der Waals surface area contributed by atoms with Gasteiger partial charge in [0.2, 0.25) is 5.16 Å². The molecule has 0 aliphatic rings. The van der Waals surface area contributed by atoms with Gasteiger partial charge in [-0.2, -0.15) is 0 Å². The van der Waals surface area contributed by atoms with E-state index in [4.69, 9.17) is 5.11 Å². The number of thioether (sulfide) groups is 1. The van der Waals surface area contributed by atoms with E-state index in [0.29, 0.717) is 5.16 Å². The molecule has 0 unspecified atom stereocenters. The van der Waals surface area contributed by atoms with E-state index in [0.717, 1.165) is 31.4 Å². The Labute approximate surface area is 104 Å². The lowest BCUT2D eigenvalue weighted by atomic mass is 10.2. The number of carbonyl (C=O) groups is 1. The standard InChI is InChI=1S/C10H16N4O2S/c1-2-3-4-5-6-7-17-10-11-12-13-14(10)8-9(15)16/h2H,1,3-8H2,(H,15,16). The van der Waals surface area contributed by atoms with Crippen LogP contribution in [0.4, 0.5) is 0 Å². The van der Waals surface area contributed by atoms with E-state index in [2.05, 4.69) is 22.1 Å². The number of hydrogen-bond donors (Lipinski definition) is 1. The van der Waals surface area contributed by atoms with Gasteiger partial charge >= 0.3 is 5.97 Å². The summed E-state index contributed by atoms with van der Waals surface area (Å²) in [5.74, 6) is -0.0398. The van der Waals surface area contributed by atoms with E-state index in [-0.39, 0.29) is 6.54 Å². The van der Waals surface area contributed by atoms with E-state index >= 15 is 0 Å². The van der Waals surface area contributed by atoms with Crippen LogP contribution in [-0.2, 0) is 11.3 Å². The van der Waals surface area contributed by atoms with Crippen LogP contribution in [-0.4, -0.2) is 37.0 Å². The molecule has 1 aromatic heterocycles. The largest absolute Gasteiger partial charge is 0.480 e. The zero-order valence-electron chi connectivity index (χ0n) is 9.58. The van der Waals surface area contributed by atoms with Crippen LogP contribution in [0.25, 0.3) is 0 Å². The number of tetrazole rings is 1. The fraction of sp³-hybridized carbons (Fsp3) is 0.600. The SMILES string of the molecule is C=CCCCCCSc1nnnn1CC(=O)O. The van der Waals surface area contributed by atoms with Gasteiger partial charge in [-0.05, 0) is 29.7 Å². The molecule has 0 fully saturated rings. The quantitative estimate of drug-likeness (QED) is 0.410. The van der Waals surface area contributed by atoms with E-state index in [1.807, 2.05) is 6.08 Å². The van der Waals surface area contributed by atoms with Gasteiger partial charge in [0.05, 0.1) is 0 Å². The van der Waals surface area contributed by atoms with Gasteiger partial charge in [0.1, 0.15) is 6.54 Å². The minimum atomic E-state index is -0.940. The lowest BCUT2D eigenvalue weighted by Gasteiger charge is -2.01. The molecule has 0 radical (unpaired) electrons. The first kappa shape index (κ1) is 13.7. The van der Waals surface area contributed by atoms with Crippen molar-refractivity contribution in [2.45, 2.75) is 37.4 Å². The maximum atomic E-state index is 10.5. The number of nitrogens with zero attached hydrogens (tertiary/aromatic N) is 4.